The molecule has 9 nitrogen and oxygen atoms in total. The van der Waals surface area contributed by atoms with Crippen molar-refractivity contribution < 1.29 is 14.3 Å². The summed E-state index contributed by atoms with van der Waals surface area (Å²) in [6, 6.07) is 9.15. The summed E-state index contributed by atoms with van der Waals surface area (Å²) in [5, 5.41) is 7.62. The third-order valence-electron chi connectivity index (χ3n) is 5.82. The van der Waals surface area contributed by atoms with E-state index in [0.717, 1.165) is 16.8 Å². The van der Waals surface area contributed by atoms with E-state index in [1.165, 1.54) is 0 Å². The molecule has 0 unspecified atom stereocenters. The highest BCUT2D eigenvalue weighted by Gasteiger charge is 2.39. The molecule has 2 aliphatic rings. The lowest BCUT2D eigenvalue weighted by atomic mass is 9.78. The SMILES string of the molecule is COc1ccc([C@H]2CC(=O)C3=C(C2)Nc2nc(N)nn2[C@@H]3c2cccnc2)cc1OC. The van der Waals surface area contributed by atoms with Crippen LogP contribution < -0.4 is 20.5 Å². The van der Waals surface area contributed by atoms with Crippen molar-refractivity contribution in [3.05, 3.63) is 65.1 Å². The Labute approximate surface area is 178 Å². The first-order valence-corrected chi connectivity index (χ1v) is 9.96. The number of nitrogens with two attached hydrogens (primary N) is 1. The number of ketones is 1. The number of nitrogens with zero attached hydrogens (tertiary/aromatic N) is 4. The zero-order chi connectivity index (χ0) is 21.5. The van der Waals surface area contributed by atoms with E-state index in [0.29, 0.717) is 35.9 Å². The predicted molar refractivity (Wildman–Crippen MR) is 114 cm³/mol. The van der Waals surface area contributed by atoms with Crippen LogP contribution in [-0.2, 0) is 4.79 Å². The van der Waals surface area contributed by atoms with Gasteiger partial charge in [0.2, 0.25) is 11.9 Å². The summed E-state index contributed by atoms with van der Waals surface area (Å²) in [5.74, 6) is 2.03. The lowest BCUT2D eigenvalue weighted by Gasteiger charge is -2.35. The molecule has 0 amide bonds. The average Bonchev–Trinajstić information content (AvgIpc) is 3.17. The van der Waals surface area contributed by atoms with E-state index in [9.17, 15) is 4.79 Å². The molecule has 9 heteroatoms. The summed E-state index contributed by atoms with van der Waals surface area (Å²) in [6.45, 7) is 0. The number of ether oxygens (including phenoxy) is 2. The standard InChI is InChI=1S/C22H22N6O3/c1-30-17-6-5-12(10-18(17)31-2)14-8-15-19(16(29)9-14)20(13-4-3-7-24-11-13)28-22(25-15)26-21(23)27-28/h3-7,10-11,14,20H,8-9H2,1-2H3,(H3,23,25,26,27)/t14-,20-/m1/s1. The molecular formula is C22H22N6O3. The second-order valence-electron chi connectivity index (χ2n) is 7.59. The lowest BCUT2D eigenvalue weighted by Crippen LogP contribution is -2.33. The molecule has 5 rings (SSSR count). The first-order valence-electron chi connectivity index (χ1n) is 9.96. The fraction of sp³-hybridized carbons (Fsp3) is 0.273. The van der Waals surface area contributed by atoms with Gasteiger partial charge in [-0.25, -0.2) is 4.68 Å². The highest BCUT2D eigenvalue weighted by atomic mass is 16.5. The van der Waals surface area contributed by atoms with Crippen molar-refractivity contribution >= 4 is 17.7 Å². The number of allylic oxidation sites excluding steroid dienone is 2. The van der Waals surface area contributed by atoms with Crippen molar-refractivity contribution in [2.24, 2.45) is 0 Å². The fourth-order valence-corrected chi connectivity index (χ4v) is 4.42. The topological polar surface area (TPSA) is 117 Å². The maximum absolute atomic E-state index is 13.4. The van der Waals surface area contributed by atoms with Crippen molar-refractivity contribution in [3.63, 3.8) is 0 Å². The number of methoxy groups -OCH3 is 2. The summed E-state index contributed by atoms with van der Waals surface area (Å²) in [5.41, 5.74) is 9.27. The molecule has 3 heterocycles. The molecule has 0 fully saturated rings. The number of Topliss-reactive ketones (excluding diaryl/α,β-unsaturated/α-hetero) is 1. The van der Waals surface area contributed by atoms with Gasteiger partial charge in [0.05, 0.1) is 14.2 Å². The van der Waals surface area contributed by atoms with Crippen molar-refractivity contribution in [2.75, 3.05) is 25.3 Å². The highest BCUT2D eigenvalue weighted by molar-refractivity contribution is 6.00. The molecule has 0 saturated heterocycles. The Balaban J connectivity index is 1.57. The Morgan fingerprint density at radius 3 is 2.71 bits per heavy atom. The van der Waals surface area contributed by atoms with Gasteiger partial charge in [-0.15, -0.1) is 5.10 Å². The number of carbonyl (C=O) groups is 1. The van der Waals surface area contributed by atoms with Crippen LogP contribution in [0.4, 0.5) is 11.9 Å². The maximum atomic E-state index is 13.4. The number of hydrogen-bond acceptors (Lipinski definition) is 8. The number of benzene rings is 1. The quantitative estimate of drug-likeness (QED) is 0.664. The van der Waals surface area contributed by atoms with Gasteiger partial charge in [0.15, 0.2) is 17.3 Å². The third-order valence-corrected chi connectivity index (χ3v) is 5.82. The predicted octanol–water partition coefficient (Wildman–Crippen LogP) is 2.69. The zero-order valence-corrected chi connectivity index (χ0v) is 17.2. The first kappa shape index (κ1) is 19.1. The van der Waals surface area contributed by atoms with E-state index in [2.05, 4.69) is 20.4 Å². The number of nitrogens with one attached hydrogen (secondary N) is 1. The average molecular weight is 418 g/mol. The van der Waals surface area contributed by atoms with Gasteiger partial charge >= 0.3 is 0 Å². The number of rotatable bonds is 4. The van der Waals surface area contributed by atoms with Gasteiger partial charge in [0.25, 0.3) is 0 Å². The van der Waals surface area contributed by atoms with Crippen LogP contribution >= 0.6 is 0 Å². The summed E-state index contributed by atoms with van der Waals surface area (Å²) < 4.78 is 12.5. The van der Waals surface area contributed by atoms with Crippen LogP contribution in [-0.4, -0.2) is 39.8 Å². The van der Waals surface area contributed by atoms with E-state index in [1.54, 1.807) is 31.3 Å². The Bertz CT molecular complexity index is 1190. The van der Waals surface area contributed by atoms with Crippen LogP contribution in [0.2, 0.25) is 0 Å². The Morgan fingerprint density at radius 2 is 1.97 bits per heavy atom. The minimum Gasteiger partial charge on any atom is -0.493 e. The second-order valence-corrected chi connectivity index (χ2v) is 7.59. The lowest BCUT2D eigenvalue weighted by molar-refractivity contribution is -0.116. The highest BCUT2D eigenvalue weighted by Crippen LogP contribution is 2.45. The zero-order valence-electron chi connectivity index (χ0n) is 17.2. The maximum Gasteiger partial charge on any atom is 0.241 e. The number of pyridine rings is 1. The van der Waals surface area contributed by atoms with Crippen LogP contribution in [0.15, 0.2) is 54.0 Å². The Kier molecular flexibility index (Phi) is 4.58. The number of nitrogen functional groups attached to an aromatic ring is 1. The molecule has 0 saturated carbocycles. The molecule has 2 aromatic heterocycles. The fourth-order valence-electron chi connectivity index (χ4n) is 4.42. The van der Waals surface area contributed by atoms with E-state index >= 15 is 0 Å². The molecule has 158 valence electrons. The molecule has 0 spiro atoms. The van der Waals surface area contributed by atoms with Gasteiger partial charge in [-0.2, -0.15) is 4.98 Å². The van der Waals surface area contributed by atoms with Gasteiger partial charge in [-0.3, -0.25) is 9.78 Å². The molecule has 1 aliphatic heterocycles. The number of hydrogen-bond donors (Lipinski definition) is 2. The van der Waals surface area contributed by atoms with Gasteiger partial charge in [-0.05, 0) is 41.7 Å². The smallest absolute Gasteiger partial charge is 0.241 e. The summed E-state index contributed by atoms with van der Waals surface area (Å²) >= 11 is 0. The number of aromatic nitrogens is 4. The summed E-state index contributed by atoms with van der Waals surface area (Å²) in [6.07, 6.45) is 4.48. The van der Waals surface area contributed by atoms with Crippen molar-refractivity contribution in [1.82, 2.24) is 19.7 Å². The number of fused-ring (bicyclic) bond motifs is 1. The molecule has 1 aliphatic carbocycles. The van der Waals surface area contributed by atoms with E-state index in [-0.39, 0.29) is 17.6 Å². The van der Waals surface area contributed by atoms with Gasteiger partial charge in [0, 0.05) is 30.1 Å². The molecule has 3 aromatic rings. The molecule has 0 bridgehead atoms. The Morgan fingerprint density at radius 1 is 1.13 bits per heavy atom. The van der Waals surface area contributed by atoms with E-state index < -0.39 is 6.04 Å². The number of carbonyl (C=O) groups excluding carboxylic acids is 1. The molecule has 1 aromatic carbocycles. The molecule has 31 heavy (non-hydrogen) atoms. The van der Waals surface area contributed by atoms with Crippen LogP contribution in [0.25, 0.3) is 0 Å². The van der Waals surface area contributed by atoms with Crippen LogP contribution in [0, 0.1) is 0 Å². The summed E-state index contributed by atoms with van der Waals surface area (Å²) in [4.78, 5) is 22.0. The van der Waals surface area contributed by atoms with Crippen LogP contribution in [0.1, 0.15) is 35.9 Å². The molecule has 2 atom stereocenters. The number of anilines is 2. The molecular weight excluding hydrogens is 396 g/mol. The molecule has 0 radical (unpaired) electrons. The Hall–Kier alpha value is -3.88. The third kappa shape index (κ3) is 3.18. The largest absolute Gasteiger partial charge is 0.493 e. The summed E-state index contributed by atoms with van der Waals surface area (Å²) in [7, 11) is 3.21. The van der Waals surface area contributed by atoms with Gasteiger partial charge in [0.1, 0.15) is 6.04 Å². The molecule has 3 N–H and O–H groups in total. The van der Waals surface area contributed by atoms with Crippen LogP contribution in [0.5, 0.6) is 11.5 Å². The van der Waals surface area contributed by atoms with Gasteiger partial charge < -0.3 is 20.5 Å². The van der Waals surface area contributed by atoms with E-state index in [1.807, 2.05) is 30.3 Å². The van der Waals surface area contributed by atoms with Crippen molar-refractivity contribution in [3.8, 4) is 11.5 Å². The van der Waals surface area contributed by atoms with E-state index in [4.69, 9.17) is 15.2 Å². The minimum atomic E-state index is -0.413. The minimum absolute atomic E-state index is 0.0000714. The van der Waals surface area contributed by atoms with Crippen molar-refractivity contribution in [1.29, 1.82) is 0 Å². The van der Waals surface area contributed by atoms with Crippen LogP contribution in [0.3, 0.4) is 0 Å². The van der Waals surface area contributed by atoms with Crippen molar-refractivity contribution in [2.45, 2.75) is 24.8 Å². The monoisotopic (exact) mass is 418 g/mol. The first-order chi connectivity index (χ1) is 15.1. The second kappa shape index (κ2) is 7.42. The van der Waals surface area contributed by atoms with Gasteiger partial charge in [-0.1, -0.05) is 12.1 Å². The normalized spacial score (nSPS) is 20.0.